The first-order valence-electron chi connectivity index (χ1n) is 18.3. The van der Waals surface area contributed by atoms with Gasteiger partial charge in [0.15, 0.2) is 18.9 Å². The average Bonchev–Trinajstić information content (AvgIpc) is 3.48. The lowest BCUT2D eigenvalue weighted by Gasteiger charge is -2.51. The summed E-state index contributed by atoms with van der Waals surface area (Å²) in [7, 11) is 1.42. The van der Waals surface area contributed by atoms with Crippen molar-refractivity contribution in [1.82, 2.24) is 4.90 Å². The van der Waals surface area contributed by atoms with E-state index in [9.17, 15) is 19.8 Å². The second-order valence-electron chi connectivity index (χ2n) is 13.9. The third-order valence-electron chi connectivity index (χ3n) is 10.3. The predicted octanol–water partition coefficient (Wildman–Crippen LogP) is 3.77. The number of ether oxygens (including phenoxy) is 8. The fourth-order valence-corrected chi connectivity index (χ4v) is 7.58. The van der Waals surface area contributed by atoms with Crippen molar-refractivity contribution >= 4 is 11.8 Å². The number of aliphatic hydroxyl groups excluding tert-OH is 2. The Morgan fingerprint density at radius 1 is 0.691 bits per heavy atom. The zero-order valence-corrected chi connectivity index (χ0v) is 30.1. The number of benzene rings is 4. The molecule has 13 heteroatoms. The molecule has 0 aliphatic carbocycles. The number of rotatable bonds is 12. The van der Waals surface area contributed by atoms with Crippen LogP contribution < -0.4 is 0 Å². The van der Waals surface area contributed by atoms with Gasteiger partial charge in [0.25, 0.3) is 11.8 Å². The number of imide groups is 1. The standard InChI is InChI=1S/C42H43NO12/c1-48-41-32(43-38(46)28-19-11-12-20-29(28)39(43)47)37(50-22-26-15-7-3-8-16-26)36(30(52-41)23-49-21-25-13-5-2-6-14-25)55-42-34(45)33(44)35-31(53-42)24-51-40(54-35)27-17-9-4-10-18-27/h2-20,30-37,40-42,44-45H,21-24H2,1H3/t30-,31-,32-,33-,34-,35+,36-,37-,40?,41-,42+/m1/s1. The molecule has 4 aliphatic heterocycles. The molecule has 0 radical (unpaired) electrons. The number of carbonyl (C=O) groups is 2. The summed E-state index contributed by atoms with van der Waals surface area (Å²) in [6, 6.07) is 33.7. The van der Waals surface area contributed by atoms with Crippen LogP contribution in [-0.4, -0.2) is 109 Å². The van der Waals surface area contributed by atoms with E-state index in [1.807, 2.05) is 91.0 Å². The number of fused-ring (bicyclic) bond motifs is 2. The molecule has 4 aliphatic rings. The van der Waals surface area contributed by atoms with E-state index in [-0.39, 0.29) is 37.6 Å². The maximum absolute atomic E-state index is 14.0. The maximum Gasteiger partial charge on any atom is 0.262 e. The molecule has 2 amide bonds. The van der Waals surface area contributed by atoms with E-state index in [0.717, 1.165) is 21.6 Å². The van der Waals surface area contributed by atoms with Gasteiger partial charge in [0, 0.05) is 12.7 Å². The van der Waals surface area contributed by atoms with Crippen molar-refractivity contribution in [2.75, 3.05) is 20.3 Å². The van der Waals surface area contributed by atoms with Gasteiger partial charge in [0.2, 0.25) is 0 Å². The number of nitrogens with zero attached hydrogens (tertiary/aromatic N) is 1. The summed E-state index contributed by atoms with van der Waals surface area (Å²) < 4.78 is 50.2. The molecule has 4 aromatic carbocycles. The molecule has 4 aromatic rings. The van der Waals surface area contributed by atoms with Gasteiger partial charge in [0.1, 0.15) is 48.8 Å². The first-order valence-corrected chi connectivity index (χ1v) is 18.3. The molecule has 3 fully saturated rings. The van der Waals surface area contributed by atoms with Crippen LogP contribution in [0.15, 0.2) is 115 Å². The fraction of sp³-hybridized carbons (Fsp3) is 0.381. The minimum atomic E-state index is -1.59. The molecule has 0 saturated carbocycles. The Morgan fingerprint density at radius 2 is 1.29 bits per heavy atom. The number of amides is 2. The van der Waals surface area contributed by atoms with Crippen molar-refractivity contribution in [2.45, 2.75) is 80.9 Å². The number of carbonyl (C=O) groups excluding carboxylic acids is 2. The lowest BCUT2D eigenvalue weighted by molar-refractivity contribution is -0.383. The first-order chi connectivity index (χ1) is 26.9. The van der Waals surface area contributed by atoms with Gasteiger partial charge in [0.05, 0.1) is 37.6 Å². The van der Waals surface area contributed by atoms with E-state index in [4.69, 9.17) is 37.9 Å². The fourth-order valence-electron chi connectivity index (χ4n) is 7.58. The molecule has 55 heavy (non-hydrogen) atoms. The molecule has 288 valence electrons. The summed E-state index contributed by atoms with van der Waals surface area (Å²) in [4.78, 5) is 29.1. The Labute approximate surface area is 318 Å². The molecule has 13 nitrogen and oxygen atoms in total. The van der Waals surface area contributed by atoms with Crippen molar-refractivity contribution in [1.29, 1.82) is 0 Å². The van der Waals surface area contributed by atoms with Crippen molar-refractivity contribution in [3.63, 3.8) is 0 Å². The van der Waals surface area contributed by atoms with E-state index in [2.05, 4.69) is 0 Å². The number of hydrogen-bond acceptors (Lipinski definition) is 12. The molecule has 2 N–H and O–H groups in total. The summed E-state index contributed by atoms with van der Waals surface area (Å²) in [5.41, 5.74) is 2.97. The van der Waals surface area contributed by atoms with Crippen LogP contribution in [0.5, 0.6) is 0 Å². The molecule has 11 atom stereocenters. The van der Waals surface area contributed by atoms with Gasteiger partial charge in [-0.1, -0.05) is 103 Å². The molecule has 0 aromatic heterocycles. The van der Waals surface area contributed by atoms with Crippen LogP contribution in [0.25, 0.3) is 0 Å². The highest BCUT2D eigenvalue weighted by molar-refractivity contribution is 6.21. The van der Waals surface area contributed by atoms with Gasteiger partial charge in [-0.25, -0.2) is 0 Å². The third-order valence-corrected chi connectivity index (χ3v) is 10.3. The Bertz CT molecular complexity index is 1860. The second kappa shape index (κ2) is 16.8. The Balaban J connectivity index is 1.11. The van der Waals surface area contributed by atoms with Crippen LogP contribution in [0.1, 0.15) is 43.7 Å². The first kappa shape index (κ1) is 37.5. The van der Waals surface area contributed by atoms with Gasteiger partial charge < -0.3 is 48.1 Å². The largest absolute Gasteiger partial charge is 0.387 e. The Kier molecular flexibility index (Phi) is 11.4. The topological polar surface area (TPSA) is 152 Å². The molecule has 0 spiro atoms. The Morgan fingerprint density at radius 3 is 1.93 bits per heavy atom. The van der Waals surface area contributed by atoms with Gasteiger partial charge in [-0.15, -0.1) is 0 Å². The van der Waals surface area contributed by atoms with Crippen molar-refractivity contribution in [3.05, 3.63) is 143 Å². The monoisotopic (exact) mass is 753 g/mol. The van der Waals surface area contributed by atoms with Gasteiger partial charge in [-0.2, -0.15) is 0 Å². The molecule has 1 unspecified atom stereocenters. The summed E-state index contributed by atoms with van der Waals surface area (Å²) in [6.07, 6.45) is -11.4. The summed E-state index contributed by atoms with van der Waals surface area (Å²) in [5, 5.41) is 23.0. The van der Waals surface area contributed by atoms with Gasteiger partial charge in [-0.3, -0.25) is 14.5 Å². The highest BCUT2D eigenvalue weighted by Gasteiger charge is 2.57. The number of aliphatic hydroxyl groups is 2. The van der Waals surface area contributed by atoms with Crippen LogP contribution in [0, 0.1) is 0 Å². The van der Waals surface area contributed by atoms with E-state index in [1.54, 1.807) is 24.3 Å². The molecule has 4 heterocycles. The minimum absolute atomic E-state index is 0.0377. The molecule has 0 bridgehead atoms. The minimum Gasteiger partial charge on any atom is -0.387 e. The highest BCUT2D eigenvalue weighted by atomic mass is 16.8. The van der Waals surface area contributed by atoms with Crippen molar-refractivity contribution in [2.24, 2.45) is 0 Å². The SMILES string of the molecule is CO[C@@H]1O[C@H](COCc2ccccc2)[C@@H](O[C@@H]2O[C@@H]3COC(c4ccccc4)O[C@@H]3[C@H](O)[C@H]2O)[C@H](OCc2ccccc2)[C@H]1N1C(=O)c2ccccc2C1=O. The summed E-state index contributed by atoms with van der Waals surface area (Å²) in [5.74, 6) is -1.09. The van der Waals surface area contributed by atoms with Crippen LogP contribution in [0.3, 0.4) is 0 Å². The summed E-state index contributed by atoms with van der Waals surface area (Å²) in [6.45, 7) is 0.297. The van der Waals surface area contributed by atoms with Crippen LogP contribution in [-0.2, 0) is 51.1 Å². The maximum atomic E-state index is 14.0. The van der Waals surface area contributed by atoms with Gasteiger partial charge >= 0.3 is 0 Å². The normalized spacial score (nSPS) is 31.9. The van der Waals surface area contributed by atoms with Crippen LogP contribution >= 0.6 is 0 Å². The Hall–Kier alpha value is -4.38. The number of methoxy groups -OCH3 is 1. The second-order valence-corrected chi connectivity index (χ2v) is 13.9. The lowest BCUT2D eigenvalue weighted by atomic mass is 9.93. The van der Waals surface area contributed by atoms with E-state index < -0.39 is 79.5 Å². The average molecular weight is 754 g/mol. The van der Waals surface area contributed by atoms with Gasteiger partial charge in [-0.05, 0) is 23.3 Å². The molecule has 8 rings (SSSR count). The van der Waals surface area contributed by atoms with E-state index in [0.29, 0.717) is 0 Å². The molecule has 3 saturated heterocycles. The third kappa shape index (κ3) is 7.73. The molecular weight excluding hydrogens is 710 g/mol. The van der Waals surface area contributed by atoms with Crippen molar-refractivity contribution in [3.8, 4) is 0 Å². The summed E-state index contributed by atoms with van der Waals surface area (Å²) >= 11 is 0. The zero-order chi connectivity index (χ0) is 37.9. The van der Waals surface area contributed by atoms with Crippen LogP contribution in [0.4, 0.5) is 0 Å². The number of hydrogen-bond donors (Lipinski definition) is 2. The van der Waals surface area contributed by atoms with Crippen molar-refractivity contribution < 1.29 is 57.7 Å². The quantitative estimate of drug-likeness (QED) is 0.203. The molecular formula is C42H43NO12. The smallest absolute Gasteiger partial charge is 0.262 e. The van der Waals surface area contributed by atoms with E-state index >= 15 is 0 Å². The van der Waals surface area contributed by atoms with Crippen LogP contribution in [0.2, 0.25) is 0 Å². The lowest BCUT2D eigenvalue weighted by Crippen LogP contribution is -2.69. The van der Waals surface area contributed by atoms with E-state index in [1.165, 1.54) is 7.11 Å². The predicted molar refractivity (Wildman–Crippen MR) is 193 cm³/mol. The zero-order valence-electron chi connectivity index (χ0n) is 30.1. The highest BCUT2D eigenvalue weighted by Crippen LogP contribution is 2.39.